The molecular formula is C72H79N13O13S6. The summed E-state index contributed by atoms with van der Waals surface area (Å²) in [4.78, 5) is 60.7. The van der Waals surface area contributed by atoms with Gasteiger partial charge in [-0.3, -0.25) is 38.3 Å². The quantitative estimate of drug-likeness (QED) is 0.0373. The Balaban J connectivity index is 0.000000176. The zero-order chi connectivity index (χ0) is 71.5. The van der Waals surface area contributed by atoms with Crippen LogP contribution in [0.3, 0.4) is 0 Å². The number of carbonyl (C=O) groups is 4. The summed E-state index contributed by atoms with van der Waals surface area (Å²) < 4.78 is 93.6. The maximum atomic E-state index is 14.7. The van der Waals surface area contributed by atoms with Crippen molar-refractivity contribution in [1.82, 2.24) is 49.6 Å². The second kappa shape index (κ2) is 29.3. The Bertz CT molecular complexity index is 4740. The van der Waals surface area contributed by atoms with Gasteiger partial charge in [-0.25, -0.2) is 25.4 Å². The van der Waals surface area contributed by atoms with Crippen LogP contribution in [0.4, 0.5) is 11.4 Å². The zero-order valence-electron chi connectivity index (χ0n) is 56.5. The number of sulfonamides is 2. The molecule has 0 radical (unpaired) electrons. The molecule has 26 nitrogen and oxygen atoms in total. The largest absolute Gasteiger partial charge is 0.494 e. The van der Waals surface area contributed by atoms with Crippen molar-refractivity contribution in [2.45, 2.75) is 126 Å². The average Bonchev–Trinajstić information content (AvgIpc) is 1.49. The highest BCUT2D eigenvalue weighted by Gasteiger charge is 2.79. The second-order valence-corrected chi connectivity index (χ2v) is 34.8. The van der Waals surface area contributed by atoms with Gasteiger partial charge in [0, 0.05) is 72.2 Å². The lowest BCUT2D eigenvalue weighted by molar-refractivity contribution is -0.158. The van der Waals surface area contributed by atoms with E-state index in [-0.39, 0.29) is 53.7 Å². The van der Waals surface area contributed by atoms with Gasteiger partial charge in [0.25, 0.3) is 43.7 Å². The van der Waals surface area contributed by atoms with E-state index in [2.05, 4.69) is 27.5 Å². The van der Waals surface area contributed by atoms with E-state index in [0.29, 0.717) is 102 Å². The van der Waals surface area contributed by atoms with Crippen molar-refractivity contribution < 1.29 is 59.7 Å². The van der Waals surface area contributed by atoms with Crippen LogP contribution in [-0.4, -0.2) is 183 Å². The minimum Gasteiger partial charge on any atom is -0.494 e. The minimum absolute atomic E-state index is 0. The first kappa shape index (κ1) is 72.8. The molecule has 32 heteroatoms. The Morgan fingerprint density at radius 3 is 1.35 bits per heavy atom. The van der Waals surface area contributed by atoms with Crippen LogP contribution in [-0.2, 0) is 90.5 Å². The van der Waals surface area contributed by atoms with E-state index in [4.69, 9.17) is 29.4 Å². The number of hydrogen-bond donors (Lipinski definition) is 1. The van der Waals surface area contributed by atoms with Gasteiger partial charge in [0.15, 0.2) is 20.5 Å². The number of anilines is 2. The van der Waals surface area contributed by atoms with Gasteiger partial charge >= 0.3 is 0 Å². The zero-order valence-corrected chi connectivity index (χ0v) is 61.4. The molecule has 8 fully saturated rings. The molecule has 10 aliphatic heterocycles. The number of hydrogen-bond acceptors (Lipinski definition) is 22. The number of amides is 4. The van der Waals surface area contributed by atoms with Crippen molar-refractivity contribution in [2.75, 3.05) is 69.0 Å². The second-order valence-electron chi connectivity index (χ2n) is 26.1. The average molecular weight is 1530 g/mol. The Hall–Kier alpha value is -8.18. The molecular weight excluding hydrogens is 1450 g/mol. The SMILES string of the molecule is C.CCCOCCOCCOCc1cn(CCCOc2ccc([C@]34C[C@@]56SS[C@@H](C(=O)N5[C@H]3N(S(=O)(=O)c3ccccc3)c3ccccc34)N(C)C6=O)cc2)nn1.CN1C(=O)[C@@]23C[C@]4(c5ccc(OCCCn6cc(CN)nn6)cc5)c5ccccc5N(S(=O)(=O)c5ccccc5)[C@@H]4N2C(=O)[C@@H]1SS3. The summed E-state index contributed by atoms with van der Waals surface area (Å²) >= 11 is 0. The van der Waals surface area contributed by atoms with E-state index in [1.807, 2.05) is 85.2 Å². The molecule has 4 amide bonds. The number of para-hydroxylation sites is 2. The molecule has 18 rings (SSSR count). The highest BCUT2D eigenvalue weighted by atomic mass is 33.1. The summed E-state index contributed by atoms with van der Waals surface area (Å²) in [5.41, 5.74) is 9.07. The number of nitrogens with two attached hydrogens (primary N) is 1. The van der Waals surface area contributed by atoms with E-state index in [1.54, 1.807) is 118 Å². The molecule has 0 aliphatic carbocycles. The molecule has 6 aromatic carbocycles. The molecule has 546 valence electrons. The standard InChI is InChI=1S/C39H44N6O8S3.C32H31N7O5S3.CH4/c1-3-19-50-21-22-51-23-24-52-26-29-25-43(41-40-29)18-9-20-53-30-16-14-28(15-17-30)38-27-39-37(47)42(2)35(54-55-39)34(46)44(39)36(38)45(33-13-8-7-12-32(33)38)56(48,49)31-10-5-4-6-11-31;1-36-28-27(40)38-29-31(20-32(38,30(36)41)46-45-28,21-12-14-23(15-13-21)44-17-7-16-37-19-22(18-33)34-35-37)25-10-5-6-11-26(25)39(29)47(42,43)24-8-3-2-4-9-24;/h4-8,10-17,25,35-36H,3,9,18-24,26-27H2,1-2H3;2-6,8-15,19,28-29H,7,16-18,20,33H2,1H3;1H4/t35-,36-,38-,39-;28-,29-,31-,32-;/m00./s1. The van der Waals surface area contributed by atoms with E-state index in [9.17, 15) is 36.0 Å². The maximum Gasteiger partial charge on any atom is 0.266 e. The molecule has 8 atom stereocenters. The van der Waals surface area contributed by atoms with Crippen LogP contribution < -0.4 is 23.8 Å². The van der Waals surface area contributed by atoms with E-state index < -0.39 is 63.7 Å². The topological polar surface area (TPSA) is 290 Å². The predicted molar refractivity (Wildman–Crippen MR) is 395 cm³/mol. The monoisotopic (exact) mass is 1530 g/mol. The van der Waals surface area contributed by atoms with Crippen LogP contribution in [0.2, 0.25) is 0 Å². The third-order valence-electron chi connectivity index (χ3n) is 20.0. The van der Waals surface area contributed by atoms with Crippen molar-refractivity contribution in [2.24, 2.45) is 5.73 Å². The third kappa shape index (κ3) is 12.1. The van der Waals surface area contributed by atoms with Crippen LogP contribution in [0.5, 0.6) is 11.5 Å². The van der Waals surface area contributed by atoms with Crippen molar-refractivity contribution in [1.29, 1.82) is 0 Å². The van der Waals surface area contributed by atoms with E-state index >= 15 is 0 Å². The van der Waals surface area contributed by atoms with Crippen LogP contribution >= 0.6 is 43.2 Å². The normalized spacial score (nSPS) is 24.6. The lowest BCUT2D eigenvalue weighted by atomic mass is 9.72. The van der Waals surface area contributed by atoms with Crippen LogP contribution in [0.15, 0.2) is 180 Å². The number of nitrogens with zero attached hydrogens (tertiary/aromatic N) is 12. The molecule has 104 heavy (non-hydrogen) atoms. The first-order valence-corrected chi connectivity index (χ1v) is 41.2. The molecule has 2 N–H and O–H groups in total. The highest BCUT2D eigenvalue weighted by molar-refractivity contribution is 8.78. The van der Waals surface area contributed by atoms with Gasteiger partial charge < -0.3 is 39.2 Å². The highest BCUT2D eigenvalue weighted by Crippen LogP contribution is 2.71. The van der Waals surface area contributed by atoms with Gasteiger partial charge in [-0.1, -0.05) is 165 Å². The number of carbonyl (C=O) groups excluding carboxylic acids is 4. The molecule has 2 aromatic heterocycles. The Labute approximate surface area is 619 Å². The first-order valence-electron chi connectivity index (χ1n) is 33.9. The van der Waals surface area contributed by atoms with Gasteiger partial charge in [-0.05, 0) is 89.3 Å². The summed E-state index contributed by atoms with van der Waals surface area (Å²) in [5, 5.41) is 15.0. The van der Waals surface area contributed by atoms with Gasteiger partial charge in [-0.15, -0.1) is 10.2 Å². The number of benzene rings is 6. The van der Waals surface area contributed by atoms with Crippen molar-refractivity contribution in [3.05, 3.63) is 204 Å². The van der Waals surface area contributed by atoms with Crippen LogP contribution in [0.25, 0.3) is 0 Å². The van der Waals surface area contributed by atoms with Gasteiger partial charge in [0.2, 0.25) is 0 Å². The number of aromatic nitrogens is 6. The summed E-state index contributed by atoms with van der Waals surface area (Å²) in [6, 6.07) is 46.5. The number of likely N-dealkylation sites (N-methyl/N-ethyl adjacent to an activating group) is 2. The van der Waals surface area contributed by atoms with Crippen LogP contribution in [0, 0.1) is 0 Å². The molecule has 0 unspecified atom stereocenters. The molecule has 8 saturated heterocycles. The van der Waals surface area contributed by atoms with Gasteiger partial charge in [0.1, 0.15) is 29.5 Å². The number of ether oxygens (including phenoxy) is 5. The first-order chi connectivity index (χ1) is 49.9. The third-order valence-corrected chi connectivity index (χ3v) is 30.1. The maximum absolute atomic E-state index is 14.7. The molecule has 8 aromatic rings. The van der Waals surface area contributed by atoms with Crippen molar-refractivity contribution >= 4 is 98.2 Å². The number of fused-ring (bicyclic) bond motifs is 10. The van der Waals surface area contributed by atoms with Crippen LogP contribution in [0.1, 0.15) is 80.1 Å². The smallest absolute Gasteiger partial charge is 0.266 e. The Morgan fingerprint density at radius 1 is 0.510 bits per heavy atom. The molecule has 4 bridgehead atoms. The summed E-state index contributed by atoms with van der Waals surface area (Å²) in [6.45, 7) is 7.65. The molecule has 0 saturated carbocycles. The predicted octanol–water partition coefficient (Wildman–Crippen LogP) is 8.43. The number of rotatable bonds is 27. The Kier molecular flexibility index (Phi) is 20.5. The van der Waals surface area contributed by atoms with Gasteiger partial charge in [0.05, 0.1) is 90.1 Å². The van der Waals surface area contributed by atoms with E-state index in [0.717, 1.165) is 46.7 Å². The fourth-order valence-electron chi connectivity index (χ4n) is 15.4. The molecule has 12 heterocycles. The van der Waals surface area contributed by atoms with E-state index in [1.165, 1.54) is 61.6 Å². The van der Waals surface area contributed by atoms with Crippen molar-refractivity contribution in [3.63, 3.8) is 0 Å². The Morgan fingerprint density at radius 2 is 0.913 bits per heavy atom. The number of piperazine rings is 2. The summed E-state index contributed by atoms with van der Waals surface area (Å²) in [7, 11) is 0.387. The lowest BCUT2D eigenvalue weighted by Gasteiger charge is -2.53. The summed E-state index contributed by atoms with van der Waals surface area (Å²) in [5.74, 6) is 0.351. The lowest BCUT2D eigenvalue weighted by Crippen LogP contribution is -2.72. The summed E-state index contributed by atoms with van der Waals surface area (Å²) in [6.07, 6.45) is 4.44. The molecule has 2 spiro atoms. The minimum atomic E-state index is -4.19. The number of aryl methyl sites for hydroxylation is 2. The fourth-order valence-corrected chi connectivity index (χ4v) is 25.7. The van der Waals surface area contributed by atoms with Crippen molar-refractivity contribution in [3.8, 4) is 11.5 Å². The molecule has 10 aliphatic rings. The van der Waals surface area contributed by atoms with Gasteiger partial charge in [-0.2, -0.15) is 0 Å². The fraction of sp³-hybridized carbons (Fsp3) is 0.389.